The molecule has 5 nitrogen and oxygen atoms in total. The molecule has 0 bridgehead atoms. The van der Waals surface area contributed by atoms with Crippen molar-refractivity contribution < 1.29 is 9.72 Å². The van der Waals surface area contributed by atoms with Gasteiger partial charge in [-0.05, 0) is 13.0 Å². The van der Waals surface area contributed by atoms with Crippen molar-refractivity contribution in [3.63, 3.8) is 0 Å². The summed E-state index contributed by atoms with van der Waals surface area (Å²) in [5.41, 5.74) is 0.0208. The Kier molecular flexibility index (Phi) is 15.1. The van der Waals surface area contributed by atoms with Crippen molar-refractivity contribution in [3.05, 3.63) is 51.4 Å². The number of ketones is 1. The molecule has 0 saturated heterocycles. The molecule has 18 heavy (non-hydrogen) atoms. The maximum absolute atomic E-state index is 10.9. The summed E-state index contributed by atoms with van der Waals surface area (Å²) in [5.74, 6) is -0.290. The molecular formula is C13H20N2O3. The molecule has 0 aliphatic carbocycles. The summed E-state index contributed by atoms with van der Waals surface area (Å²) >= 11 is 0. The van der Waals surface area contributed by atoms with E-state index in [2.05, 4.69) is 4.85 Å². The number of para-hydroxylation sites is 1. The minimum atomic E-state index is -0.559. The van der Waals surface area contributed by atoms with Gasteiger partial charge in [-0.25, -0.2) is 6.57 Å². The summed E-state index contributed by atoms with van der Waals surface area (Å²) in [6.07, 6.45) is 0. The summed E-state index contributed by atoms with van der Waals surface area (Å²) in [4.78, 5) is 23.4. The number of Topliss-reactive ketones (excluding diaryl/α,β-unsaturated/α-hetero) is 1. The van der Waals surface area contributed by atoms with Gasteiger partial charge in [0.05, 0.1) is 10.5 Å². The summed E-state index contributed by atoms with van der Waals surface area (Å²) in [5, 5.41) is 10.4. The molecule has 100 valence electrons. The first-order valence-corrected chi connectivity index (χ1v) is 5.04. The zero-order valence-electron chi connectivity index (χ0n) is 10.4. The van der Waals surface area contributed by atoms with Crippen molar-refractivity contribution in [2.45, 2.75) is 28.2 Å². The van der Waals surface area contributed by atoms with Crippen LogP contribution in [-0.4, -0.2) is 17.8 Å². The number of hydrogen-bond donors (Lipinski definition) is 0. The first kappa shape index (κ1) is 21.1. The van der Waals surface area contributed by atoms with Crippen molar-refractivity contribution in [3.8, 4) is 0 Å². The molecule has 1 aromatic carbocycles. The molecule has 5 heteroatoms. The predicted octanol–water partition coefficient (Wildman–Crippen LogP) is 4.00. The van der Waals surface area contributed by atoms with E-state index in [4.69, 9.17) is 6.57 Å². The van der Waals surface area contributed by atoms with Gasteiger partial charge in [0.25, 0.3) is 5.69 Å². The Morgan fingerprint density at radius 2 is 1.72 bits per heavy atom. The number of rotatable bonds is 2. The maximum atomic E-state index is 10.9. The van der Waals surface area contributed by atoms with Crippen LogP contribution in [0, 0.1) is 16.7 Å². The lowest BCUT2D eigenvalue weighted by Gasteiger charge is -1.95. The highest BCUT2D eigenvalue weighted by Crippen LogP contribution is 2.17. The number of nitro benzene ring substituents is 1. The van der Waals surface area contributed by atoms with E-state index in [0.29, 0.717) is 0 Å². The molecule has 1 rings (SSSR count). The van der Waals surface area contributed by atoms with E-state index in [-0.39, 0.29) is 24.5 Å². The highest BCUT2D eigenvalue weighted by atomic mass is 16.6. The van der Waals surface area contributed by atoms with Gasteiger partial charge in [0.15, 0.2) is 5.78 Å². The maximum Gasteiger partial charge on any atom is 0.280 e. The van der Waals surface area contributed by atoms with Gasteiger partial charge in [0.1, 0.15) is 0 Å². The normalized spacial score (nSPS) is 7.06. The predicted molar refractivity (Wildman–Crippen MR) is 73.7 cm³/mol. The summed E-state index contributed by atoms with van der Waals surface area (Å²) in [7, 11) is 1.42. The van der Waals surface area contributed by atoms with Crippen LogP contribution in [0.1, 0.15) is 38.6 Å². The highest BCUT2D eigenvalue weighted by molar-refractivity contribution is 5.97. The topological polar surface area (TPSA) is 64.6 Å². The Labute approximate surface area is 108 Å². The summed E-state index contributed by atoms with van der Waals surface area (Å²) in [6, 6.07) is 5.89. The number of benzene rings is 1. The number of carbonyl (C=O) groups excluding carboxylic acids is 1. The molecule has 0 saturated carbocycles. The van der Waals surface area contributed by atoms with Crippen LogP contribution in [0.15, 0.2) is 24.3 Å². The first-order chi connectivity index (χ1) is 8.04. The van der Waals surface area contributed by atoms with Gasteiger partial charge in [-0.3, -0.25) is 14.9 Å². The number of hydrogen-bond acceptors (Lipinski definition) is 3. The van der Waals surface area contributed by atoms with Crippen LogP contribution in [0.2, 0.25) is 0 Å². The van der Waals surface area contributed by atoms with E-state index in [9.17, 15) is 14.9 Å². The van der Waals surface area contributed by atoms with E-state index in [0.717, 1.165) is 0 Å². The van der Waals surface area contributed by atoms with Crippen LogP contribution in [0.5, 0.6) is 0 Å². The molecule has 0 amide bonds. The fraction of sp³-hybridized carbons (Fsp3) is 0.385. The van der Waals surface area contributed by atoms with Crippen LogP contribution in [0.25, 0.3) is 4.85 Å². The fourth-order valence-electron chi connectivity index (χ4n) is 0.931. The van der Waals surface area contributed by atoms with E-state index in [1.54, 1.807) is 6.07 Å². The monoisotopic (exact) mass is 252 g/mol. The SMILES string of the molecule is C.CC.CC(=O)c1ccccc1[N+](=O)[O-].[C-]#[N+]C. The Balaban J connectivity index is -0.000000329. The first-order valence-electron chi connectivity index (χ1n) is 5.04. The fourth-order valence-corrected chi connectivity index (χ4v) is 0.931. The average Bonchev–Trinajstić information content (AvgIpc) is 2.32. The van der Waals surface area contributed by atoms with Gasteiger partial charge in [-0.1, -0.05) is 33.4 Å². The van der Waals surface area contributed by atoms with Crippen molar-refractivity contribution in [1.82, 2.24) is 0 Å². The average molecular weight is 252 g/mol. The molecule has 0 spiro atoms. The molecule has 0 aromatic heterocycles. The standard InChI is InChI=1S/C8H7NO3.C2H3N.C2H6.CH4/c1-6(10)7-4-2-3-5-8(7)9(11)12;1-3-2;1-2;/h2-5H,1H3;1H3;1-2H3;1H4. The Morgan fingerprint density at radius 1 is 1.33 bits per heavy atom. The summed E-state index contributed by atoms with van der Waals surface area (Å²) < 4.78 is 0. The van der Waals surface area contributed by atoms with Crippen LogP contribution in [-0.2, 0) is 0 Å². The zero-order valence-corrected chi connectivity index (χ0v) is 10.4. The summed E-state index contributed by atoms with van der Waals surface area (Å²) in [6.45, 7) is 11.1. The molecule has 0 radical (unpaired) electrons. The lowest BCUT2D eigenvalue weighted by atomic mass is 10.1. The minimum absolute atomic E-state index is 0. The van der Waals surface area contributed by atoms with Crippen LogP contribution in [0.4, 0.5) is 5.69 Å². The third-order valence-electron chi connectivity index (χ3n) is 1.48. The quantitative estimate of drug-likeness (QED) is 0.346. The second kappa shape index (κ2) is 12.8. The zero-order chi connectivity index (χ0) is 13.8. The van der Waals surface area contributed by atoms with Gasteiger partial charge in [-0.15, -0.1) is 0 Å². The molecule has 0 aliphatic rings. The number of carbonyl (C=O) groups is 1. The van der Waals surface area contributed by atoms with E-state index < -0.39 is 4.92 Å². The Hall–Kier alpha value is -2.22. The van der Waals surface area contributed by atoms with Gasteiger partial charge >= 0.3 is 0 Å². The molecule has 0 unspecified atom stereocenters. The molecular weight excluding hydrogens is 232 g/mol. The van der Waals surface area contributed by atoms with E-state index >= 15 is 0 Å². The van der Waals surface area contributed by atoms with E-state index in [1.165, 1.54) is 32.2 Å². The molecule has 1 aromatic rings. The van der Waals surface area contributed by atoms with Gasteiger partial charge < -0.3 is 4.85 Å². The smallest absolute Gasteiger partial charge is 0.280 e. The van der Waals surface area contributed by atoms with Crippen molar-refractivity contribution in [1.29, 1.82) is 0 Å². The van der Waals surface area contributed by atoms with Crippen molar-refractivity contribution >= 4 is 11.5 Å². The van der Waals surface area contributed by atoms with Gasteiger partial charge in [0, 0.05) is 6.07 Å². The third kappa shape index (κ3) is 7.99. The Bertz CT molecular complexity index is 376. The molecule has 0 fully saturated rings. The number of nitro groups is 1. The highest BCUT2D eigenvalue weighted by Gasteiger charge is 2.14. The van der Waals surface area contributed by atoms with Crippen LogP contribution < -0.4 is 0 Å². The minimum Gasteiger partial charge on any atom is -0.320 e. The van der Waals surface area contributed by atoms with Crippen molar-refractivity contribution in [2.75, 3.05) is 7.05 Å². The van der Waals surface area contributed by atoms with E-state index in [1.807, 2.05) is 13.8 Å². The van der Waals surface area contributed by atoms with Crippen molar-refractivity contribution in [2.24, 2.45) is 0 Å². The second-order valence-corrected chi connectivity index (χ2v) is 2.55. The van der Waals surface area contributed by atoms with Gasteiger partial charge in [-0.2, -0.15) is 0 Å². The third-order valence-corrected chi connectivity index (χ3v) is 1.48. The largest absolute Gasteiger partial charge is 0.320 e. The molecule has 0 atom stereocenters. The van der Waals surface area contributed by atoms with Crippen LogP contribution >= 0.6 is 0 Å². The lowest BCUT2D eigenvalue weighted by molar-refractivity contribution is -0.385. The second-order valence-electron chi connectivity index (χ2n) is 2.55. The van der Waals surface area contributed by atoms with Gasteiger partial charge in [0.2, 0.25) is 7.05 Å². The number of nitrogens with zero attached hydrogens (tertiary/aromatic N) is 2. The molecule has 0 aliphatic heterocycles. The molecule has 0 heterocycles. The lowest BCUT2D eigenvalue weighted by Crippen LogP contribution is -1.98. The Morgan fingerprint density at radius 3 is 2.00 bits per heavy atom. The molecule has 0 N–H and O–H groups in total. The van der Waals surface area contributed by atoms with Crippen LogP contribution in [0.3, 0.4) is 0 Å².